The number of amides is 2. The number of hydrogen-bond acceptors (Lipinski definition) is 8. The van der Waals surface area contributed by atoms with Crippen LogP contribution in [0.4, 0.5) is 11.5 Å². The number of fused-ring (bicyclic) bond motifs is 3. The molecule has 1 heterocycles. The monoisotopic (exact) mass is 535 g/mol. The van der Waals surface area contributed by atoms with Gasteiger partial charge >= 0.3 is 0 Å². The van der Waals surface area contributed by atoms with Gasteiger partial charge in [-0.15, -0.1) is 0 Å². The van der Waals surface area contributed by atoms with Crippen molar-refractivity contribution in [3.8, 4) is 28.4 Å². The van der Waals surface area contributed by atoms with Crippen molar-refractivity contribution in [3.05, 3.63) is 57.9 Å². The van der Waals surface area contributed by atoms with E-state index in [0.29, 0.717) is 47.0 Å². The molecule has 2 amide bonds. The summed E-state index contributed by atoms with van der Waals surface area (Å²) < 4.78 is 18.6. The van der Waals surface area contributed by atoms with Crippen molar-refractivity contribution >= 4 is 23.3 Å². The van der Waals surface area contributed by atoms with Crippen LogP contribution in [0.15, 0.2) is 41.3 Å². The Hall–Kier alpha value is -4.54. The predicted octanol–water partition coefficient (Wildman–Crippen LogP) is 3.04. The number of carbonyl (C=O) groups excluding carboxylic acids is 2. The van der Waals surface area contributed by atoms with Crippen molar-refractivity contribution in [1.29, 1.82) is 0 Å². The molecule has 0 bridgehead atoms. The fraction of sp³-hybridized carbons (Fsp3) is 0.357. The summed E-state index contributed by atoms with van der Waals surface area (Å²) in [5.41, 5.74) is 2.92. The standard InChI is InChI=1S/C28H33N5O6/c1-15(28(36)31-24-11-12-33(3)32-24)29-21-10-8-18-19(14-22(21)35)20(30-16(2)34)9-7-17-13-23(37-4)26(38-5)27(39-6)25(17)18/h8,10-15,20H,7,9H2,1-6H3,(H,29,35)(H,30,34)(H,31,32,36)/t15-,20-/m1/s1. The lowest BCUT2D eigenvalue weighted by Crippen LogP contribution is -2.33. The first-order valence-electron chi connectivity index (χ1n) is 12.5. The number of nitrogens with zero attached hydrogens (tertiary/aromatic N) is 2. The van der Waals surface area contributed by atoms with E-state index in [1.165, 1.54) is 20.1 Å². The van der Waals surface area contributed by atoms with E-state index in [9.17, 15) is 14.4 Å². The van der Waals surface area contributed by atoms with Gasteiger partial charge in [-0.2, -0.15) is 5.10 Å². The van der Waals surface area contributed by atoms with Gasteiger partial charge in [0.15, 0.2) is 17.3 Å². The van der Waals surface area contributed by atoms with E-state index in [2.05, 4.69) is 21.0 Å². The second-order valence-corrected chi connectivity index (χ2v) is 9.33. The zero-order chi connectivity index (χ0) is 28.3. The van der Waals surface area contributed by atoms with Gasteiger partial charge in [-0.3, -0.25) is 19.1 Å². The van der Waals surface area contributed by atoms with E-state index in [1.807, 2.05) is 6.07 Å². The lowest BCUT2D eigenvalue weighted by molar-refractivity contribution is -0.119. The number of aryl methyl sites for hydroxylation is 2. The maximum Gasteiger partial charge on any atom is 0.247 e. The van der Waals surface area contributed by atoms with E-state index in [-0.39, 0.29) is 22.9 Å². The predicted molar refractivity (Wildman–Crippen MR) is 148 cm³/mol. The molecule has 0 saturated carbocycles. The van der Waals surface area contributed by atoms with Crippen molar-refractivity contribution in [2.75, 3.05) is 32.0 Å². The number of ether oxygens (including phenoxy) is 3. The Morgan fingerprint density at radius 3 is 2.44 bits per heavy atom. The lowest BCUT2D eigenvalue weighted by Gasteiger charge is -2.19. The molecule has 1 aromatic heterocycles. The number of hydrogen-bond donors (Lipinski definition) is 3. The third kappa shape index (κ3) is 5.66. The van der Waals surface area contributed by atoms with Crippen LogP contribution in [-0.2, 0) is 23.1 Å². The molecule has 11 nitrogen and oxygen atoms in total. The number of rotatable bonds is 8. The summed E-state index contributed by atoms with van der Waals surface area (Å²) in [6, 6.07) is 7.36. The van der Waals surface area contributed by atoms with Crippen molar-refractivity contribution in [3.63, 3.8) is 0 Å². The molecule has 3 N–H and O–H groups in total. The fourth-order valence-electron chi connectivity index (χ4n) is 4.84. The Morgan fingerprint density at radius 2 is 1.82 bits per heavy atom. The molecular formula is C28H33N5O6. The molecule has 39 heavy (non-hydrogen) atoms. The Bertz CT molecular complexity index is 1470. The van der Waals surface area contributed by atoms with Crippen molar-refractivity contribution in [1.82, 2.24) is 15.1 Å². The summed E-state index contributed by atoms with van der Waals surface area (Å²) in [7, 11) is 6.39. The van der Waals surface area contributed by atoms with Crippen LogP contribution in [0.25, 0.3) is 11.1 Å². The third-order valence-electron chi connectivity index (χ3n) is 6.65. The second kappa shape index (κ2) is 11.5. The second-order valence-electron chi connectivity index (χ2n) is 9.33. The molecule has 11 heteroatoms. The highest BCUT2D eigenvalue weighted by molar-refractivity contribution is 5.95. The molecule has 2 atom stereocenters. The molecule has 1 aliphatic rings. The molecule has 0 unspecified atom stereocenters. The minimum Gasteiger partial charge on any atom is -0.493 e. The first kappa shape index (κ1) is 27.5. The molecule has 0 saturated heterocycles. The van der Waals surface area contributed by atoms with Gasteiger partial charge in [-0.1, -0.05) is 6.07 Å². The minimum absolute atomic E-state index is 0.212. The largest absolute Gasteiger partial charge is 0.493 e. The van der Waals surface area contributed by atoms with Crippen LogP contribution in [0, 0.1) is 0 Å². The Balaban J connectivity index is 1.82. The van der Waals surface area contributed by atoms with Crippen molar-refractivity contribution in [2.45, 2.75) is 38.8 Å². The molecule has 1 aliphatic carbocycles. The summed E-state index contributed by atoms with van der Waals surface area (Å²) >= 11 is 0. The average molecular weight is 536 g/mol. The average Bonchev–Trinajstić information content (AvgIpc) is 3.17. The normalized spacial score (nSPS) is 14.7. The smallest absolute Gasteiger partial charge is 0.247 e. The molecular weight excluding hydrogens is 502 g/mol. The minimum atomic E-state index is -0.737. The van der Waals surface area contributed by atoms with Gasteiger partial charge < -0.3 is 30.2 Å². The van der Waals surface area contributed by atoms with Gasteiger partial charge in [0.25, 0.3) is 0 Å². The van der Waals surface area contributed by atoms with Crippen LogP contribution >= 0.6 is 0 Å². The first-order chi connectivity index (χ1) is 18.7. The van der Waals surface area contributed by atoms with Crippen LogP contribution in [0.3, 0.4) is 0 Å². The zero-order valence-electron chi connectivity index (χ0n) is 22.9. The molecule has 4 rings (SSSR count). The summed E-state index contributed by atoms with van der Waals surface area (Å²) in [6.45, 7) is 3.10. The number of aromatic nitrogens is 2. The molecule has 2 aromatic carbocycles. The highest BCUT2D eigenvalue weighted by Crippen LogP contribution is 2.50. The van der Waals surface area contributed by atoms with E-state index in [0.717, 1.165) is 11.1 Å². The number of anilines is 2. The van der Waals surface area contributed by atoms with Crippen molar-refractivity contribution in [2.24, 2.45) is 7.05 Å². The topological polar surface area (TPSA) is 133 Å². The molecule has 0 aliphatic heterocycles. The van der Waals surface area contributed by atoms with Gasteiger partial charge in [0.1, 0.15) is 6.04 Å². The number of nitrogens with one attached hydrogen (secondary N) is 3. The highest BCUT2D eigenvalue weighted by Gasteiger charge is 2.29. The summed E-state index contributed by atoms with van der Waals surface area (Å²) in [6.07, 6.45) is 2.86. The fourth-order valence-corrected chi connectivity index (χ4v) is 4.84. The molecule has 0 spiro atoms. The first-order valence-corrected chi connectivity index (χ1v) is 12.5. The maximum absolute atomic E-state index is 13.4. The number of carbonyl (C=O) groups is 2. The number of benzene rings is 1. The Kier molecular flexibility index (Phi) is 8.08. The summed E-state index contributed by atoms with van der Waals surface area (Å²) in [4.78, 5) is 38.3. The van der Waals surface area contributed by atoms with Crippen LogP contribution < -0.4 is 35.6 Å². The van der Waals surface area contributed by atoms with E-state index < -0.39 is 12.1 Å². The molecule has 0 fully saturated rings. The Morgan fingerprint density at radius 1 is 1.08 bits per heavy atom. The Labute approximate surface area is 226 Å². The van der Waals surface area contributed by atoms with Gasteiger partial charge in [0.05, 0.1) is 33.1 Å². The molecule has 3 aromatic rings. The van der Waals surface area contributed by atoms with Crippen molar-refractivity contribution < 1.29 is 23.8 Å². The zero-order valence-corrected chi connectivity index (χ0v) is 22.9. The van der Waals surface area contributed by atoms with Gasteiger partial charge in [0, 0.05) is 31.8 Å². The van der Waals surface area contributed by atoms with Gasteiger partial charge in [-0.05, 0) is 54.7 Å². The van der Waals surface area contributed by atoms with Gasteiger partial charge in [-0.25, -0.2) is 0 Å². The molecule has 206 valence electrons. The SMILES string of the molecule is COc1cc2c(c(OC)c1OC)-c1ccc(N[C@H](C)C(=O)Nc3ccn(C)n3)c(=O)cc1[C@H](NC(C)=O)CC2. The van der Waals surface area contributed by atoms with Gasteiger partial charge in [0.2, 0.25) is 23.0 Å². The molecule has 0 radical (unpaired) electrons. The lowest BCUT2D eigenvalue weighted by atomic mass is 9.95. The van der Waals surface area contributed by atoms with E-state index in [4.69, 9.17) is 14.2 Å². The third-order valence-corrected chi connectivity index (χ3v) is 6.65. The quantitative estimate of drug-likeness (QED) is 0.401. The summed E-state index contributed by atoms with van der Waals surface area (Å²) in [5, 5.41) is 12.9. The van der Waals surface area contributed by atoms with E-state index >= 15 is 0 Å². The van der Waals surface area contributed by atoms with Crippen LogP contribution in [0.1, 0.15) is 37.4 Å². The van der Waals surface area contributed by atoms with Crippen LogP contribution in [0.5, 0.6) is 17.2 Å². The number of methoxy groups -OCH3 is 3. The van der Waals surface area contributed by atoms with E-state index in [1.54, 1.807) is 57.3 Å². The summed E-state index contributed by atoms with van der Waals surface area (Å²) in [5.74, 6) is 1.27. The highest BCUT2D eigenvalue weighted by atomic mass is 16.5. The van der Waals surface area contributed by atoms with Crippen LogP contribution in [0.2, 0.25) is 0 Å². The van der Waals surface area contributed by atoms with Crippen LogP contribution in [-0.4, -0.2) is 49.0 Å². The maximum atomic E-state index is 13.4.